The number of fused-ring (bicyclic) bond motifs is 1. The topological polar surface area (TPSA) is 157 Å². The minimum absolute atomic E-state index is 0.0808. The number of aliphatic carboxylic acids is 1. The summed E-state index contributed by atoms with van der Waals surface area (Å²) in [5, 5.41) is 17.1. The fourth-order valence-electron chi connectivity index (χ4n) is 3.30. The van der Waals surface area contributed by atoms with Gasteiger partial charge in [0.15, 0.2) is 0 Å². The first kappa shape index (κ1) is 22.1. The molecule has 0 bridgehead atoms. The Kier molecular flexibility index (Phi) is 6.42. The number of amides is 4. The van der Waals surface area contributed by atoms with Gasteiger partial charge in [-0.3, -0.25) is 19.3 Å². The summed E-state index contributed by atoms with van der Waals surface area (Å²) in [4.78, 5) is 56.2. The summed E-state index contributed by atoms with van der Waals surface area (Å²) in [6.45, 7) is 3.07. The zero-order chi connectivity index (χ0) is 22.6. The molecule has 5 N–H and O–H groups in total. The lowest BCUT2D eigenvalue weighted by molar-refractivity contribution is -0.141. The number of para-hydroxylation sites is 2. The summed E-state index contributed by atoms with van der Waals surface area (Å²) in [5.74, 6) is -2.26. The molecule has 0 radical (unpaired) electrons. The molecule has 1 saturated heterocycles. The molecule has 0 saturated carbocycles. The second kappa shape index (κ2) is 9.02. The Morgan fingerprint density at radius 2 is 2.03 bits per heavy atom. The molecule has 1 aliphatic heterocycles. The molecule has 166 valence electrons. The predicted octanol–water partition coefficient (Wildman–Crippen LogP) is 0.902. The van der Waals surface area contributed by atoms with Gasteiger partial charge in [-0.15, -0.1) is 0 Å². The molecule has 2 aromatic rings. The summed E-state index contributed by atoms with van der Waals surface area (Å²) in [6.07, 6.45) is 0.953. The van der Waals surface area contributed by atoms with Crippen molar-refractivity contribution in [3.63, 3.8) is 0 Å². The molecule has 11 nitrogen and oxygen atoms in total. The molecular weight excluding hydrogens is 404 g/mol. The van der Waals surface area contributed by atoms with Crippen LogP contribution < -0.4 is 16.0 Å². The minimum Gasteiger partial charge on any atom is -0.481 e. The Morgan fingerprint density at radius 3 is 2.74 bits per heavy atom. The number of H-pyrrole nitrogens is 1. The lowest BCUT2D eigenvalue weighted by Gasteiger charge is -2.21. The molecule has 2 unspecified atom stereocenters. The van der Waals surface area contributed by atoms with E-state index in [4.69, 9.17) is 5.11 Å². The summed E-state index contributed by atoms with van der Waals surface area (Å²) in [7, 11) is 0. The molecule has 3 rings (SSSR count). The van der Waals surface area contributed by atoms with E-state index >= 15 is 0 Å². The molecule has 1 aliphatic rings. The van der Waals surface area contributed by atoms with Crippen LogP contribution in [0, 0.1) is 5.92 Å². The van der Waals surface area contributed by atoms with Crippen LogP contribution in [0.2, 0.25) is 0 Å². The number of benzene rings is 1. The van der Waals surface area contributed by atoms with Crippen LogP contribution in [0.25, 0.3) is 11.0 Å². The van der Waals surface area contributed by atoms with Gasteiger partial charge < -0.3 is 26.0 Å². The number of carbonyl (C=O) groups excluding carboxylic acids is 3. The highest BCUT2D eigenvalue weighted by atomic mass is 16.4. The Balaban J connectivity index is 1.47. The number of hydrogen-bond acceptors (Lipinski definition) is 6. The number of nitrogens with one attached hydrogen (secondary N) is 4. The lowest BCUT2D eigenvalue weighted by Crippen LogP contribution is -2.45. The maximum Gasteiger partial charge on any atom is 0.325 e. The van der Waals surface area contributed by atoms with E-state index in [-0.39, 0.29) is 6.54 Å². The van der Waals surface area contributed by atoms with Gasteiger partial charge in [0, 0.05) is 13.1 Å². The standard InChI is InChI=1S/C20H26N6O5/c1-12(16(28)29)10-22-15(27)11-26-17(30)20(2,25-19(26)31)8-5-9-21-18-23-13-6-3-4-7-14(13)24-18/h3-4,6-7,12H,5,8-11H2,1-2H3,(H,22,27)(H,25,31)(H,28,29)(H2,21,23,24). The van der Waals surface area contributed by atoms with Crippen molar-refractivity contribution in [2.75, 3.05) is 25.0 Å². The van der Waals surface area contributed by atoms with Crippen LogP contribution in [0.5, 0.6) is 0 Å². The Labute approximate surface area is 178 Å². The molecule has 2 heterocycles. The van der Waals surface area contributed by atoms with Crippen molar-refractivity contribution < 1.29 is 24.3 Å². The lowest BCUT2D eigenvalue weighted by atomic mass is 9.96. The Hall–Kier alpha value is -3.63. The molecule has 31 heavy (non-hydrogen) atoms. The zero-order valence-electron chi connectivity index (χ0n) is 17.4. The van der Waals surface area contributed by atoms with Crippen LogP contribution in [0.15, 0.2) is 24.3 Å². The van der Waals surface area contributed by atoms with E-state index in [1.54, 1.807) is 6.92 Å². The van der Waals surface area contributed by atoms with Gasteiger partial charge in [-0.25, -0.2) is 9.78 Å². The number of anilines is 1. The monoisotopic (exact) mass is 430 g/mol. The van der Waals surface area contributed by atoms with Crippen molar-refractivity contribution in [2.45, 2.75) is 32.2 Å². The predicted molar refractivity (Wildman–Crippen MR) is 112 cm³/mol. The average molecular weight is 430 g/mol. The number of nitrogens with zero attached hydrogens (tertiary/aromatic N) is 2. The summed E-state index contributed by atoms with van der Waals surface area (Å²) < 4.78 is 0. The smallest absolute Gasteiger partial charge is 0.325 e. The van der Waals surface area contributed by atoms with Gasteiger partial charge in [0.25, 0.3) is 5.91 Å². The van der Waals surface area contributed by atoms with E-state index in [0.29, 0.717) is 25.3 Å². The van der Waals surface area contributed by atoms with Gasteiger partial charge in [-0.2, -0.15) is 0 Å². The molecule has 0 aliphatic carbocycles. The third-order valence-corrected chi connectivity index (χ3v) is 5.21. The molecule has 4 amide bonds. The van der Waals surface area contributed by atoms with Gasteiger partial charge in [-0.1, -0.05) is 19.1 Å². The number of urea groups is 1. The number of carbonyl (C=O) groups is 4. The fourth-order valence-corrected chi connectivity index (χ4v) is 3.30. The number of aromatic nitrogens is 2. The summed E-state index contributed by atoms with van der Waals surface area (Å²) in [5.41, 5.74) is 0.657. The van der Waals surface area contributed by atoms with Crippen LogP contribution in [0.4, 0.5) is 10.7 Å². The van der Waals surface area contributed by atoms with E-state index in [1.807, 2.05) is 24.3 Å². The minimum atomic E-state index is -1.11. The summed E-state index contributed by atoms with van der Waals surface area (Å²) >= 11 is 0. The van der Waals surface area contributed by atoms with E-state index in [1.165, 1.54) is 6.92 Å². The van der Waals surface area contributed by atoms with Crippen LogP contribution in [-0.4, -0.2) is 69.0 Å². The quantitative estimate of drug-likeness (QED) is 0.277. The Bertz CT molecular complexity index is 972. The van der Waals surface area contributed by atoms with Crippen LogP contribution in [0.1, 0.15) is 26.7 Å². The first-order chi connectivity index (χ1) is 14.7. The molecule has 1 fully saturated rings. The number of hydrogen-bond donors (Lipinski definition) is 5. The van der Waals surface area contributed by atoms with Gasteiger partial charge in [0.05, 0.1) is 17.0 Å². The van der Waals surface area contributed by atoms with E-state index < -0.39 is 41.8 Å². The van der Waals surface area contributed by atoms with E-state index in [9.17, 15) is 19.2 Å². The number of carboxylic acids is 1. The van der Waals surface area contributed by atoms with Crippen molar-refractivity contribution >= 4 is 40.8 Å². The highest BCUT2D eigenvalue weighted by Gasteiger charge is 2.47. The van der Waals surface area contributed by atoms with Gasteiger partial charge >= 0.3 is 12.0 Å². The first-order valence-electron chi connectivity index (χ1n) is 10.0. The SMILES string of the molecule is CC(CNC(=O)CN1C(=O)NC(C)(CCCNc2nc3ccccc3[nH]2)C1=O)C(=O)O. The van der Waals surface area contributed by atoms with Gasteiger partial charge in [0.2, 0.25) is 11.9 Å². The summed E-state index contributed by atoms with van der Waals surface area (Å²) in [6, 6.07) is 7.00. The van der Waals surface area contributed by atoms with Crippen molar-refractivity contribution in [1.82, 2.24) is 25.5 Å². The van der Waals surface area contributed by atoms with Crippen molar-refractivity contribution in [2.24, 2.45) is 5.92 Å². The molecule has 1 aromatic carbocycles. The molecule has 11 heteroatoms. The second-order valence-corrected chi connectivity index (χ2v) is 7.83. The fraction of sp³-hybridized carbons (Fsp3) is 0.450. The van der Waals surface area contributed by atoms with E-state index in [2.05, 4.69) is 25.9 Å². The van der Waals surface area contributed by atoms with Crippen molar-refractivity contribution in [3.05, 3.63) is 24.3 Å². The number of aromatic amines is 1. The largest absolute Gasteiger partial charge is 0.481 e. The van der Waals surface area contributed by atoms with E-state index in [0.717, 1.165) is 15.9 Å². The van der Waals surface area contributed by atoms with Crippen molar-refractivity contribution in [3.8, 4) is 0 Å². The maximum atomic E-state index is 12.7. The molecule has 1 aromatic heterocycles. The molecule has 0 spiro atoms. The number of imidazole rings is 1. The van der Waals surface area contributed by atoms with Gasteiger partial charge in [-0.05, 0) is 31.9 Å². The highest BCUT2D eigenvalue weighted by molar-refractivity contribution is 6.08. The first-order valence-corrected chi connectivity index (χ1v) is 10.0. The number of carboxylic acid groups (broad SMARTS) is 1. The average Bonchev–Trinajstić information content (AvgIpc) is 3.23. The van der Waals surface area contributed by atoms with Crippen LogP contribution in [-0.2, 0) is 14.4 Å². The normalized spacial score (nSPS) is 19.4. The zero-order valence-corrected chi connectivity index (χ0v) is 17.4. The number of imide groups is 1. The second-order valence-electron chi connectivity index (χ2n) is 7.83. The third kappa shape index (κ3) is 5.11. The van der Waals surface area contributed by atoms with Gasteiger partial charge in [0.1, 0.15) is 12.1 Å². The Morgan fingerprint density at radius 1 is 1.29 bits per heavy atom. The van der Waals surface area contributed by atoms with Crippen LogP contribution in [0.3, 0.4) is 0 Å². The third-order valence-electron chi connectivity index (χ3n) is 5.21. The molecular formula is C20H26N6O5. The van der Waals surface area contributed by atoms with Crippen LogP contribution >= 0.6 is 0 Å². The maximum absolute atomic E-state index is 12.7. The highest BCUT2D eigenvalue weighted by Crippen LogP contribution is 2.23. The van der Waals surface area contributed by atoms with Crippen molar-refractivity contribution in [1.29, 1.82) is 0 Å². The molecule has 2 atom stereocenters. The number of rotatable bonds is 10.